The zero-order valence-corrected chi connectivity index (χ0v) is 28.6. The van der Waals surface area contributed by atoms with Crippen molar-refractivity contribution in [2.24, 2.45) is 0 Å². The number of hydrogen-bond acceptors (Lipinski definition) is 2. The van der Waals surface area contributed by atoms with E-state index in [1.807, 2.05) is 12.1 Å². The molecular weight excluding hydrogens is 645 g/mol. The van der Waals surface area contributed by atoms with Crippen LogP contribution in [0.3, 0.4) is 0 Å². The number of benzene rings is 8. The smallest absolute Gasteiger partial charge is 0.145 e. The lowest BCUT2D eigenvalue weighted by Gasteiger charge is -2.30. The number of fused-ring (bicyclic) bond motifs is 14. The Hall–Kier alpha value is -6.97. The van der Waals surface area contributed by atoms with E-state index in [1.165, 1.54) is 55.6 Å². The molecule has 246 valence electrons. The number of hydrogen-bond donors (Lipinski definition) is 0. The van der Waals surface area contributed by atoms with Gasteiger partial charge >= 0.3 is 0 Å². The van der Waals surface area contributed by atoms with Gasteiger partial charge in [0.05, 0.1) is 16.4 Å². The Morgan fingerprint density at radius 1 is 0.434 bits per heavy atom. The van der Waals surface area contributed by atoms with E-state index in [-0.39, 0.29) is 5.41 Å². The first-order chi connectivity index (χ1) is 26.3. The van der Waals surface area contributed by atoms with Gasteiger partial charge < -0.3 is 4.42 Å². The highest BCUT2D eigenvalue weighted by Crippen LogP contribution is 2.63. The molecule has 2 aliphatic carbocycles. The molecule has 0 bridgehead atoms. The van der Waals surface area contributed by atoms with Crippen LogP contribution in [0.5, 0.6) is 0 Å². The Bertz CT molecular complexity index is 3080. The van der Waals surface area contributed by atoms with Gasteiger partial charge in [-0.2, -0.15) is 0 Å². The summed E-state index contributed by atoms with van der Waals surface area (Å²) in [4.78, 5) is 5.21. The highest BCUT2D eigenvalue weighted by atomic mass is 16.3. The molecule has 0 radical (unpaired) electrons. The molecular formula is C50H30N2O. The maximum Gasteiger partial charge on any atom is 0.145 e. The van der Waals surface area contributed by atoms with Gasteiger partial charge in [0.25, 0.3) is 0 Å². The maximum absolute atomic E-state index is 6.18. The van der Waals surface area contributed by atoms with Crippen LogP contribution in [0, 0.1) is 0 Å². The van der Waals surface area contributed by atoms with Crippen LogP contribution < -0.4 is 0 Å². The summed E-state index contributed by atoms with van der Waals surface area (Å²) in [5.41, 5.74) is 18.7. The lowest BCUT2D eigenvalue weighted by Crippen LogP contribution is -2.25. The fourth-order valence-electron chi connectivity index (χ4n) is 9.52. The monoisotopic (exact) mass is 674 g/mol. The Morgan fingerprint density at radius 2 is 1.02 bits per heavy atom. The highest BCUT2D eigenvalue weighted by Gasteiger charge is 2.51. The third-order valence-electron chi connectivity index (χ3n) is 11.7. The van der Waals surface area contributed by atoms with Gasteiger partial charge in [0.1, 0.15) is 17.0 Å². The summed E-state index contributed by atoms with van der Waals surface area (Å²) in [5.74, 6) is 0.909. The molecule has 3 nitrogen and oxygen atoms in total. The predicted octanol–water partition coefficient (Wildman–Crippen LogP) is 12.6. The molecule has 0 unspecified atom stereocenters. The van der Waals surface area contributed by atoms with Gasteiger partial charge in [-0.3, -0.25) is 4.57 Å². The normalized spacial score (nSPS) is 13.4. The predicted molar refractivity (Wildman–Crippen MR) is 216 cm³/mol. The number of para-hydroxylation sites is 3. The largest absolute Gasteiger partial charge is 0.456 e. The number of imidazole rings is 1. The molecule has 10 aromatic rings. The Balaban J connectivity index is 1.03. The zero-order chi connectivity index (χ0) is 34.7. The van der Waals surface area contributed by atoms with E-state index in [2.05, 4.69) is 174 Å². The van der Waals surface area contributed by atoms with Crippen LogP contribution in [0.25, 0.3) is 83.4 Å². The van der Waals surface area contributed by atoms with Crippen LogP contribution in [-0.2, 0) is 5.41 Å². The van der Waals surface area contributed by atoms with Gasteiger partial charge in [-0.1, -0.05) is 146 Å². The van der Waals surface area contributed by atoms with Crippen molar-refractivity contribution in [1.82, 2.24) is 9.55 Å². The fourth-order valence-corrected chi connectivity index (χ4v) is 9.52. The summed E-state index contributed by atoms with van der Waals surface area (Å²) in [6.07, 6.45) is 0. The quantitative estimate of drug-likeness (QED) is 0.187. The molecule has 0 saturated heterocycles. The summed E-state index contributed by atoms with van der Waals surface area (Å²) < 4.78 is 8.45. The van der Waals surface area contributed by atoms with Gasteiger partial charge in [-0.15, -0.1) is 0 Å². The number of aromatic nitrogens is 2. The molecule has 0 atom stereocenters. The standard InChI is InChI=1S/C50H30N2O/c1-5-17-40-35(12-1)36-13-2-6-18-41(36)50(40)42-19-7-3-15-38(42)48-34(16-11-20-43(48)50)31-24-26-32(27-25-31)49-51-44-21-8-9-22-45(44)52(49)33-28-29-47-39(30-33)37-14-4-10-23-46(37)53-47/h1-30H. The highest BCUT2D eigenvalue weighted by molar-refractivity contribution is 6.06. The summed E-state index contributed by atoms with van der Waals surface area (Å²) in [6.45, 7) is 0. The van der Waals surface area contributed by atoms with Crippen LogP contribution in [0.4, 0.5) is 0 Å². The van der Waals surface area contributed by atoms with Crippen molar-refractivity contribution in [2.75, 3.05) is 0 Å². The molecule has 0 N–H and O–H groups in total. The summed E-state index contributed by atoms with van der Waals surface area (Å²) in [7, 11) is 0. The van der Waals surface area contributed by atoms with Crippen molar-refractivity contribution >= 4 is 33.0 Å². The minimum absolute atomic E-state index is 0.360. The van der Waals surface area contributed by atoms with Crippen LogP contribution in [0.2, 0.25) is 0 Å². The summed E-state index contributed by atoms with van der Waals surface area (Å²) in [6, 6.07) is 66.0. The second-order valence-corrected chi connectivity index (χ2v) is 14.2. The Labute approximate surface area is 306 Å². The molecule has 2 heterocycles. The number of rotatable bonds is 3. The molecule has 0 fully saturated rings. The average Bonchev–Trinajstić information content (AvgIpc) is 3.96. The lowest BCUT2D eigenvalue weighted by atomic mass is 9.70. The molecule has 2 aromatic heterocycles. The van der Waals surface area contributed by atoms with Crippen molar-refractivity contribution in [3.05, 3.63) is 204 Å². The zero-order valence-electron chi connectivity index (χ0n) is 28.6. The van der Waals surface area contributed by atoms with Gasteiger partial charge in [-0.05, 0) is 92.0 Å². The van der Waals surface area contributed by atoms with E-state index < -0.39 is 0 Å². The fraction of sp³-hybridized carbons (Fsp3) is 0.0200. The molecule has 0 amide bonds. The average molecular weight is 675 g/mol. The van der Waals surface area contributed by atoms with E-state index in [0.717, 1.165) is 50.0 Å². The third kappa shape index (κ3) is 3.75. The maximum atomic E-state index is 6.18. The van der Waals surface area contributed by atoms with Crippen molar-refractivity contribution in [3.63, 3.8) is 0 Å². The molecule has 53 heavy (non-hydrogen) atoms. The lowest BCUT2D eigenvalue weighted by molar-refractivity contribution is 0.669. The van der Waals surface area contributed by atoms with Gasteiger partial charge in [0.15, 0.2) is 0 Å². The van der Waals surface area contributed by atoms with Crippen LogP contribution in [0.1, 0.15) is 22.3 Å². The van der Waals surface area contributed by atoms with E-state index in [4.69, 9.17) is 9.40 Å². The van der Waals surface area contributed by atoms with Gasteiger partial charge in [0, 0.05) is 22.0 Å². The Morgan fingerprint density at radius 3 is 1.81 bits per heavy atom. The number of furan rings is 1. The Kier molecular flexibility index (Phi) is 5.70. The van der Waals surface area contributed by atoms with E-state index in [0.29, 0.717) is 0 Å². The SMILES string of the molecule is c1ccc2c(c1)-c1ccccc1C21c2ccccc2-c2c(-c3ccc(-c4nc5ccccc5n4-c4ccc5oc6ccccc6c5c4)cc3)cccc21. The van der Waals surface area contributed by atoms with Gasteiger partial charge in [-0.25, -0.2) is 4.98 Å². The van der Waals surface area contributed by atoms with Crippen LogP contribution >= 0.6 is 0 Å². The summed E-state index contributed by atoms with van der Waals surface area (Å²) >= 11 is 0. The molecule has 0 aliphatic heterocycles. The van der Waals surface area contributed by atoms with Crippen LogP contribution in [0.15, 0.2) is 186 Å². The van der Waals surface area contributed by atoms with Crippen molar-refractivity contribution in [3.8, 4) is 50.5 Å². The van der Waals surface area contributed by atoms with Gasteiger partial charge in [0.2, 0.25) is 0 Å². The van der Waals surface area contributed by atoms with E-state index >= 15 is 0 Å². The van der Waals surface area contributed by atoms with Crippen molar-refractivity contribution in [2.45, 2.75) is 5.41 Å². The molecule has 1 spiro atoms. The second-order valence-electron chi connectivity index (χ2n) is 14.2. The molecule has 8 aromatic carbocycles. The number of nitrogens with zero attached hydrogens (tertiary/aromatic N) is 2. The van der Waals surface area contributed by atoms with Crippen molar-refractivity contribution < 1.29 is 4.42 Å². The van der Waals surface area contributed by atoms with E-state index in [1.54, 1.807) is 0 Å². The van der Waals surface area contributed by atoms with Crippen molar-refractivity contribution in [1.29, 1.82) is 0 Å². The van der Waals surface area contributed by atoms with Crippen LogP contribution in [-0.4, -0.2) is 9.55 Å². The summed E-state index contributed by atoms with van der Waals surface area (Å²) in [5, 5.41) is 2.21. The molecule has 12 rings (SSSR count). The second kappa shape index (κ2) is 10.5. The topological polar surface area (TPSA) is 31.0 Å². The first-order valence-corrected chi connectivity index (χ1v) is 18.2. The molecule has 2 aliphatic rings. The minimum Gasteiger partial charge on any atom is -0.456 e. The first kappa shape index (κ1) is 28.7. The molecule has 3 heteroatoms. The third-order valence-corrected chi connectivity index (χ3v) is 11.7. The molecule has 0 saturated carbocycles. The van der Waals surface area contributed by atoms with E-state index in [9.17, 15) is 0 Å². The minimum atomic E-state index is -0.360. The first-order valence-electron chi connectivity index (χ1n) is 18.2.